The molecule has 0 radical (unpaired) electrons. The Labute approximate surface area is 128 Å². The molecule has 0 N–H and O–H groups in total. The van der Waals surface area contributed by atoms with E-state index < -0.39 is 0 Å². The Hall–Kier alpha value is -1.35. The first-order chi connectivity index (χ1) is 10.3. The van der Waals surface area contributed by atoms with Crippen LogP contribution in [0.2, 0.25) is 0 Å². The highest BCUT2D eigenvalue weighted by Crippen LogP contribution is 2.18. The van der Waals surface area contributed by atoms with Gasteiger partial charge in [0.2, 0.25) is 0 Å². The van der Waals surface area contributed by atoms with Crippen LogP contribution in [0.25, 0.3) is 0 Å². The number of piperidine rings is 1. The summed E-state index contributed by atoms with van der Waals surface area (Å²) in [5.74, 6) is 0.0827. The zero-order valence-corrected chi connectivity index (χ0v) is 13.1. The molecule has 116 valence electrons. The average molecular weight is 289 g/mol. The van der Waals surface area contributed by atoms with Gasteiger partial charge >= 0.3 is 5.97 Å². The first-order valence-electron chi connectivity index (χ1n) is 8.22. The largest absolute Gasteiger partial charge is 0.466 e. The van der Waals surface area contributed by atoms with Crippen LogP contribution < -0.4 is 0 Å². The van der Waals surface area contributed by atoms with Crippen LogP contribution in [0.15, 0.2) is 30.3 Å². The van der Waals surface area contributed by atoms with Crippen LogP contribution in [0.5, 0.6) is 0 Å². The van der Waals surface area contributed by atoms with Gasteiger partial charge in [-0.05, 0) is 57.7 Å². The van der Waals surface area contributed by atoms with Gasteiger partial charge in [0.05, 0.1) is 12.5 Å². The Kier molecular flexibility index (Phi) is 6.74. The molecule has 1 heterocycles. The minimum atomic E-state index is -0.00788. The molecule has 1 aliphatic heterocycles. The van der Waals surface area contributed by atoms with Crippen molar-refractivity contribution in [2.75, 3.05) is 26.2 Å². The summed E-state index contributed by atoms with van der Waals surface area (Å²) in [6.07, 6.45) is 5.66. The van der Waals surface area contributed by atoms with Gasteiger partial charge in [-0.1, -0.05) is 30.3 Å². The molecule has 2 rings (SSSR count). The molecule has 1 fully saturated rings. The molecule has 1 atom stereocenters. The lowest BCUT2D eigenvalue weighted by atomic mass is 9.98. The summed E-state index contributed by atoms with van der Waals surface area (Å²) in [5.41, 5.74) is 1.42. The van der Waals surface area contributed by atoms with Crippen molar-refractivity contribution in [2.24, 2.45) is 5.92 Å². The molecule has 0 spiro atoms. The fourth-order valence-corrected chi connectivity index (χ4v) is 3.02. The SMILES string of the molecule is CCOC(=O)C1CCCN(CCCCc2ccccc2)C1. The summed E-state index contributed by atoms with van der Waals surface area (Å²) in [6.45, 7) is 5.47. The van der Waals surface area contributed by atoms with Crippen LogP contribution in [0, 0.1) is 5.92 Å². The van der Waals surface area contributed by atoms with E-state index in [1.165, 1.54) is 18.4 Å². The van der Waals surface area contributed by atoms with Gasteiger partial charge in [0.1, 0.15) is 0 Å². The molecule has 0 amide bonds. The number of carbonyl (C=O) groups is 1. The monoisotopic (exact) mass is 289 g/mol. The first-order valence-corrected chi connectivity index (χ1v) is 8.22. The van der Waals surface area contributed by atoms with Gasteiger partial charge in [0, 0.05) is 6.54 Å². The molecule has 0 bridgehead atoms. The molecule has 21 heavy (non-hydrogen) atoms. The highest BCUT2D eigenvalue weighted by atomic mass is 16.5. The number of esters is 1. The number of unbranched alkanes of at least 4 members (excludes halogenated alkanes) is 1. The molecule has 0 aromatic heterocycles. The van der Waals surface area contributed by atoms with E-state index in [1.807, 2.05) is 6.92 Å². The first kappa shape index (κ1) is 16.0. The normalized spacial score (nSPS) is 19.4. The molecule has 0 aliphatic carbocycles. The number of hydrogen-bond donors (Lipinski definition) is 0. The standard InChI is InChI=1S/C18H27NO2/c1-2-21-18(20)17-12-8-14-19(15-17)13-7-6-11-16-9-4-3-5-10-16/h3-5,9-10,17H,2,6-8,11-15H2,1H3. The lowest BCUT2D eigenvalue weighted by Crippen LogP contribution is -2.39. The van der Waals surface area contributed by atoms with E-state index >= 15 is 0 Å². The smallest absolute Gasteiger partial charge is 0.310 e. The lowest BCUT2D eigenvalue weighted by Gasteiger charge is -2.31. The number of likely N-dealkylation sites (tertiary alicyclic amines) is 1. The molecule has 0 saturated carbocycles. The summed E-state index contributed by atoms with van der Waals surface area (Å²) in [5, 5.41) is 0. The summed E-state index contributed by atoms with van der Waals surface area (Å²) in [7, 11) is 0. The van der Waals surface area contributed by atoms with Crippen molar-refractivity contribution in [3.05, 3.63) is 35.9 Å². The Morgan fingerprint density at radius 2 is 2.10 bits per heavy atom. The summed E-state index contributed by atoms with van der Waals surface area (Å²) in [4.78, 5) is 14.2. The highest BCUT2D eigenvalue weighted by Gasteiger charge is 2.26. The Balaban J connectivity index is 1.65. The van der Waals surface area contributed by atoms with Crippen LogP contribution in [-0.4, -0.2) is 37.1 Å². The van der Waals surface area contributed by atoms with E-state index in [4.69, 9.17) is 4.74 Å². The maximum Gasteiger partial charge on any atom is 0.310 e. The molecular formula is C18H27NO2. The topological polar surface area (TPSA) is 29.5 Å². The number of ether oxygens (including phenoxy) is 1. The molecule has 1 saturated heterocycles. The Bertz CT molecular complexity index is 418. The molecule has 1 aromatic rings. The number of carbonyl (C=O) groups excluding carboxylic acids is 1. The minimum Gasteiger partial charge on any atom is -0.466 e. The molecule has 1 aliphatic rings. The number of rotatable bonds is 7. The van der Waals surface area contributed by atoms with Crippen molar-refractivity contribution < 1.29 is 9.53 Å². The number of nitrogens with zero attached hydrogens (tertiary/aromatic N) is 1. The van der Waals surface area contributed by atoms with Crippen LogP contribution in [0.4, 0.5) is 0 Å². The molecule has 1 aromatic carbocycles. The fourth-order valence-electron chi connectivity index (χ4n) is 3.02. The van der Waals surface area contributed by atoms with Gasteiger partial charge in [-0.3, -0.25) is 4.79 Å². The average Bonchev–Trinajstić information content (AvgIpc) is 2.53. The second-order valence-corrected chi connectivity index (χ2v) is 5.83. The van der Waals surface area contributed by atoms with Crippen LogP contribution >= 0.6 is 0 Å². The zero-order chi connectivity index (χ0) is 14.9. The number of hydrogen-bond acceptors (Lipinski definition) is 3. The Morgan fingerprint density at radius 3 is 2.86 bits per heavy atom. The predicted octanol–water partition coefficient (Wildman–Crippen LogP) is 3.28. The Morgan fingerprint density at radius 1 is 1.29 bits per heavy atom. The van der Waals surface area contributed by atoms with Gasteiger partial charge in [0.15, 0.2) is 0 Å². The predicted molar refractivity (Wildman–Crippen MR) is 85.2 cm³/mol. The third-order valence-electron chi connectivity index (χ3n) is 4.16. The third kappa shape index (κ3) is 5.50. The zero-order valence-electron chi connectivity index (χ0n) is 13.1. The van der Waals surface area contributed by atoms with E-state index in [0.29, 0.717) is 6.61 Å². The quantitative estimate of drug-likeness (QED) is 0.570. The third-order valence-corrected chi connectivity index (χ3v) is 4.16. The van der Waals surface area contributed by atoms with Crippen molar-refractivity contribution in [2.45, 2.75) is 39.0 Å². The number of benzene rings is 1. The van der Waals surface area contributed by atoms with E-state index in [0.717, 1.165) is 38.9 Å². The van der Waals surface area contributed by atoms with Gasteiger partial charge in [-0.15, -0.1) is 0 Å². The van der Waals surface area contributed by atoms with E-state index in [-0.39, 0.29) is 11.9 Å². The van der Waals surface area contributed by atoms with Crippen molar-refractivity contribution in [1.82, 2.24) is 4.90 Å². The van der Waals surface area contributed by atoms with Crippen molar-refractivity contribution in [1.29, 1.82) is 0 Å². The summed E-state index contributed by atoms with van der Waals surface area (Å²) < 4.78 is 5.15. The number of aryl methyl sites for hydroxylation is 1. The van der Waals surface area contributed by atoms with E-state index in [2.05, 4.69) is 35.2 Å². The highest BCUT2D eigenvalue weighted by molar-refractivity contribution is 5.72. The van der Waals surface area contributed by atoms with Crippen molar-refractivity contribution >= 4 is 5.97 Å². The second-order valence-electron chi connectivity index (χ2n) is 5.83. The molecule has 1 unspecified atom stereocenters. The van der Waals surface area contributed by atoms with Crippen LogP contribution in [0.3, 0.4) is 0 Å². The maximum atomic E-state index is 11.8. The van der Waals surface area contributed by atoms with Crippen molar-refractivity contribution in [3.63, 3.8) is 0 Å². The van der Waals surface area contributed by atoms with E-state index in [1.54, 1.807) is 0 Å². The van der Waals surface area contributed by atoms with Crippen molar-refractivity contribution in [3.8, 4) is 0 Å². The fraction of sp³-hybridized carbons (Fsp3) is 0.611. The molecule has 3 heteroatoms. The van der Waals surface area contributed by atoms with Gasteiger partial charge < -0.3 is 9.64 Å². The van der Waals surface area contributed by atoms with Crippen LogP contribution in [0.1, 0.15) is 38.2 Å². The molecular weight excluding hydrogens is 262 g/mol. The van der Waals surface area contributed by atoms with Gasteiger partial charge in [-0.25, -0.2) is 0 Å². The minimum absolute atomic E-state index is 0.00788. The van der Waals surface area contributed by atoms with Gasteiger partial charge in [-0.2, -0.15) is 0 Å². The van der Waals surface area contributed by atoms with Gasteiger partial charge in [0.25, 0.3) is 0 Å². The van der Waals surface area contributed by atoms with Crippen LogP contribution in [-0.2, 0) is 16.0 Å². The molecule has 3 nitrogen and oxygen atoms in total. The lowest BCUT2D eigenvalue weighted by molar-refractivity contribution is -0.149. The summed E-state index contributed by atoms with van der Waals surface area (Å²) >= 11 is 0. The summed E-state index contributed by atoms with van der Waals surface area (Å²) in [6, 6.07) is 10.6. The van der Waals surface area contributed by atoms with E-state index in [9.17, 15) is 4.79 Å². The maximum absolute atomic E-state index is 11.8. The second kappa shape index (κ2) is 8.83.